The van der Waals surface area contributed by atoms with Crippen LogP contribution in [0.2, 0.25) is 0 Å². The summed E-state index contributed by atoms with van der Waals surface area (Å²) in [4.78, 5) is 49.9. The second-order valence-corrected chi connectivity index (χ2v) is 8.26. The topological polar surface area (TPSA) is 105 Å². The van der Waals surface area contributed by atoms with E-state index in [1.807, 2.05) is 0 Å². The fourth-order valence-electron chi connectivity index (χ4n) is 4.04. The lowest BCUT2D eigenvalue weighted by Crippen LogP contribution is -2.40. The van der Waals surface area contributed by atoms with Gasteiger partial charge in [0.05, 0.1) is 0 Å². The second-order valence-electron chi connectivity index (χ2n) is 8.26. The Balaban J connectivity index is 1.38. The Bertz CT molecular complexity index is 802. The summed E-state index contributed by atoms with van der Waals surface area (Å²) in [6, 6.07) is 6.66. The molecule has 168 valence electrons. The number of ether oxygens (including phenoxy) is 1. The molecule has 1 aromatic carbocycles. The van der Waals surface area contributed by atoms with Crippen LogP contribution in [0.15, 0.2) is 24.3 Å². The number of carbonyl (C=O) groups is 4. The van der Waals surface area contributed by atoms with Crippen LogP contribution in [0.3, 0.4) is 0 Å². The Hall–Kier alpha value is -2.90. The normalized spacial score (nSPS) is 17.8. The molecule has 1 saturated heterocycles. The van der Waals surface area contributed by atoms with Gasteiger partial charge in [-0.3, -0.25) is 19.2 Å². The first-order valence-electron chi connectivity index (χ1n) is 11.1. The summed E-state index contributed by atoms with van der Waals surface area (Å²) >= 11 is 0. The number of amides is 3. The third kappa shape index (κ3) is 6.54. The molecule has 2 fully saturated rings. The fraction of sp³-hybridized carbons (Fsp3) is 0.565. The number of nitrogens with zero attached hydrogens (tertiary/aromatic N) is 1. The monoisotopic (exact) mass is 429 g/mol. The van der Waals surface area contributed by atoms with Gasteiger partial charge in [0.2, 0.25) is 5.91 Å². The van der Waals surface area contributed by atoms with Crippen LogP contribution in [0.25, 0.3) is 0 Å². The molecule has 3 rings (SSSR count). The highest BCUT2D eigenvalue weighted by atomic mass is 16.5. The van der Waals surface area contributed by atoms with E-state index in [1.54, 1.807) is 29.2 Å². The molecule has 31 heavy (non-hydrogen) atoms. The minimum atomic E-state index is -0.912. The molecule has 0 bridgehead atoms. The van der Waals surface area contributed by atoms with Crippen molar-refractivity contribution in [3.63, 3.8) is 0 Å². The number of esters is 1. The van der Waals surface area contributed by atoms with Crippen LogP contribution in [-0.2, 0) is 19.1 Å². The summed E-state index contributed by atoms with van der Waals surface area (Å²) in [6.45, 7) is 2.48. The van der Waals surface area contributed by atoms with Crippen molar-refractivity contribution in [3.05, 3.63) is 29.8 Å². The smallest absolute Gasteiger partial charge is 0.326 e. The van der Waals surface area contributed by atoms with Crippen molar-refractivity contribution in [2.75, 3.05) is 24.5 Å². The predicted octanol–water partition coefficient (Wildman–Crippen LogP) is 2.17. The lowest BCUT2D eigenvalue weighted by Gasteiger charge is -2.22. The van der Waals surface area contributed by atoms with Gasteiger partial charge in [0.25, 0.3) is 11.8 Å². The molecule has 1 atom stereocenters. The van der Waals surface area contributed by atoms with Crippen LogP contribution in [-0.4, -0.2) is 49.4 Å². The van der Waals surface area contributed by atoms with Gasteiger partial charge < -0.3 is 20.3 Å². The number of nitrogens with one attached hydrogen (secondary N) is 2. The summed E-state index contributed by atoms with van der Waals surface area (Å²) in [7, 11) is 0. The maximum Gasteiger partial charge on any atom is 0.326 e. The van der Waals surface area contributed by atoms with E-state index in [-0.39, 0.29) is 18.4 Å². The zero-order valence-corrected chi connectivity index (χ0v) is 18.0. The molecular weight excluding hydrogens is 398 g/mol. The molecule has 0 aromatic heterocycles. The molecule has 1 saturated carbocycles. The van der Waals surface area contributed by atoms with E-state index in [0.29, 0.717) is 31.0 Å². The Morgan fingerprint density at radius 3 is 2.42 bits per heavy atom. The highest BCUT2D eigenvalue weighted by Gasteiger charge is 2.22. The largest absolute Gasteiger partial charge is 0.451 e. The summed E-state index contributed by atoms with van der Waals surface area (Å²) in [5, 5.41) is 5.35. The standard InChI is InChI=1S/C23H31N3O5/c1-16(22(29)24-14-17-6-3-2-4-7-17)31-21(28)15-25-23(30)18-9-11-19(12-10-18)26-13-5-8-20(26)27/h9-12,16-17H,2-8,13-15H2,1H3,(H,24,29)(H,25,30). The van der Waals surface area contributed by atoms with E-state index in [1.165, 1.54) is 26.2 Å². The molecule has 0 radical (unpaired) electrons. The first-order chi connectivity index (χ1) is 14.9. The molecule has 0 spiro atoms. The Morgan fingerprint density at radius 2 is 1.77 bits per heavy atom. The minimum absolute atomic E-state index is 0.0804. The molecule has 1 unspecified atom stereocenters. The van der Waals surface area contributed by atoms with Crippen molar-refractivity contribution in [1.82, 2.24) is 10.6 Å². The molecule has 3 amide bonds. The Kier molecular flexibility index (Phi) is 8.03. The maximum atomic E-state index is 12.3. The molecule has 1 aromatic rings. The van der Waals surface area contributed by atoms with Gasteiger partial charge in [0, 0.05) is 30.8 Å². The molecule has 2 aliphatic rings. The number of anilines is 1. The average molecular weight is 430 g/mol. The maximum absolute atomic E-state index is 12.3. The van der Waals surface area contributed by atoms with Gasteiger partial charge in [-0.2, -0.15) is 0 Å². The molecule has 2 N–H and O–H groups in total. The predicted molar refractivity (Wildman–Crippen MR) is 116 cm³/mol. The van der Waals surface area contributed by atoms with Crippen molar-refractivity contribution < 1.29 is 23.9 Å². The molecule has 1 heterocycles. The molecule has 1 aliphatic carbocycles. The quantitative estimate of drug-likeness (QED) is 0.616. The summed E-state index contributed by atoms with van der Waals surface area (Å²) < 4.78 is 5.13. The van der Waals surface area contributed by atoms with Crippen molar-refractivity contribution >= 4 is 29.4 Å². The summed E-state index contributed by atoms with van der Waals surface area (Å²) in [6.07, 6.45) is 6.36. The highest BCUT2D eigenvalue weighted by molar-refractivity contribution is 5.98. The van der Waals surface area contributed by atoms with E-state index < -0.39 is 18.0 Å². The molecule has 1 aliphatic heterocycles. The Labute approximate surface area is 182 Å². The van der Waals surface area contributed by atoms with Gasteiger partial charge in [0.1, 0.15) is 6.54 Å². The van der Waals surface area contributed by atoms with E-state index in [2.05, 4.69) is 10.6 Å². The first kappa shape index (κ1) is 22.8. The van der Waals surface area contributed by atoms with Gasteiger partial charge in [-0.1, -0.05) is 19.3 Å². The average Bonchev–Trinajstić information content (AvgIpc) is 3.22. The van der Waals surface area contributed by atoms with E-state index in [4.69, 9.17) is 4.74 Å². The number of hydrogen-bond acceptors (Lipinski definition) is 5. The number of benzene rings is 1. The number of carbonyl (C=O) groups excluding carboxylic acids is 4. The third-order valence-electron chi connectivity index (χ3n) is 5.88. The highest BCUT2D eigenvalue weighted by Crippen LogP contribution is 2.23. The van der Waals surface area contributed by atoms with Crippen LogP contribution in [0.1, 0.15) is 62.2 Å². The second kappa shape index (κ2) is 10.9. The lowest BCUT2D eigenvalue weighted by atomic mass is 9.89. The number of rotatable bonds is 8. The van der Waals surface area contributed by atoms with Crippen molar-refractivity contribution in [2.45, 2.75) is 58.0 Å². The first-order valence-corrected chi connectivity index (χ1v) is 11.1. The zero-order chi connectivity index (χ0) is 22.2. The molecule has 8 nitrogen and oxygen atoms in total. The number of hydrogen-bond donors (Lipinski definition) is 2. The fourth-order valence-corrected chi connectivity index (χ4v) is 4.04. The van der Waals surface area contributed by atoms with Crippen LogP contribution in [0.4, 0.5) is 5.69 Å². The van der Waals surface area contributed by atoms with Gasteiger partial charge in [-0.05, 0) is 56.4 Å². The molecular formula is C23H31N3O5. The van der Waals surface area contributed by atoms with Crippen LogP contribution in [0.5, 0.6) is 0 Å². The lowest BCUT2D eigenvalue weighted by molar-refractivity contribution is -0.153. The van der Waals surface area contributed by atoms with E-state index >= 15 is 0 Å². The SMILES string of the molecule is CC(OC(=O)CNC(=O)c1ccc(N2CCCC2=O)cc1)C(=O)NCC1CCCCC1. The van der Waals surface area contributed by atoms with E-state index in [9.17, 15) is 19.2 Å². The third-order valence-corrected chi connectivity index (χ3v) is 5.88. The van der Waals surface area contributed by atoms with E-state index in [0.717, 1.165) is 24.9 Å². The van der Waals surface area contributed by atoms with Crippen molar-refractivity contribution in [1.29, 1.82) is 0 Å². The van der Waals surface area contributed by atoms with Gasteiger partial charge in [-0.25, -0.2) is 0 Å². The van der Waals surface area contributed by atoms with Gasteiger partial charge in [0.15, 0.2) is 6.10 Å². The van der Waals surface area contributed by atoms with Crippen LogP contribution < -0.4 is 15.5 Å². The van der Waals surface area contributed by atoms with Crippen LogP contribution >= 0.6 is 0 Å². The van der Waals surface area contributed by atoms with Crippen LogP contribution in [0, 0.1) is 5.92 Å². The minimum Gasteiger partial charge on any atom is -0.451 e. The summed E-state index contributed by atoms with van der Waals surface area (Å²) in [5.41, 5.74) is 1.13. The van der Waals surface area contributed by atoms with Crippen molar-refractivity contribution in [2.24, 2.45) is 5.92 Å². The molecule has 8 heteroatoms. The van der Waals surface area contributed by atoms with Crippen molar-refractivity contribution in [3.8, 4) is 0 Å². The van der Waals surface area contributed by atoms with Gasteiger partial charge in [-0.15, -0.1) is 0 Å². The van der Waals surface area contributed by atoms with Gasteiger partial charge >= 0.3 is 5.97 Å². The summed E-state index contributed by atoms with van der Waals surface area (Å²) in [5.74, 6) is -0.845. The zero-order valence-electron chi connectivity index (χ0n) is 18.0. The Morgan fingerprint density at radius 1 is 1.06 bits per heavy atom.